The number of ether oxygens (including phenoxy) is 1. The van der Waals surface area contributed by atoms with Gasteiger partial charge in [0.1, 0.15) is 11.6 Å². The molecule has 26 heavy (non-hydrogen) atoms. The van der Waals surface area contributed by atoms with E-state index in [1.807, 2.05) is 0 Å². The second-order valence-electron chi connectivity index (χ2n) is 7.01. The van der Waals surface area contributed by atoms with Gasteiger partial charge in [0.2, 0.25) is 0 Å². The molecular formula is C16H23N5O5. The molecule has 0 saturated carbocycles. The van der Waals surface area contributed by atoms with Crippen LogP contribution in [0.5, 0.6) is 0 Å². The van der Waals surface area contributed by atoms with Crippen molar-refractivity contribution in [2.24, 2.45) is 5.10 Å². The molecule has 2 rings (SSSR count). The summed E-state index contributed by atoms with van der Waals surface area (Å²) in [6.07, 6.45) is 1.78. The Balaban J connectivity index is 2.04. The van der Waals surface area contributed by atoms with Crippen molar-refractivity contribution in [2.45, 2.75) is 52.2 Å². The number of hydrogen-bond acceptors (Lipinski definition) is 6. The number of hydrogen-bond donors (Lipinski definition) is 3. The van der Waals surface area contributed by atoms with Gasteiger partial charge in [-0.25, -0.2) is 15.0 Å². The van der Waals surface area contributed by atoms with Crippen molar-refractivity contribution in [1.29, 1.82) is 0 Å². The lowest BCUT2D eigenvalue weighted by Crippen LogP contribution is -2.46. The van der Waals surface area contributed by atoms with E-state index in [1.165, 1.54) is 4.90 Å². The van der Waals surface area contributed by atoms with Gasteiger partial charge in [-0.1, -0.05) is 0 Å². The molecule has 10 heteroatoms. The Morgan fingerprint density at radius 2 is 2.00 bits per heavy atom. The van der Waals surface area contributed by atoms with Crippen LogP contribution in [0.15, 0.2) is 14.7 Å². The summed E-state index contributed by atoms with van der Waals surface area (Å²) < 4.78 is 5.31. The standard InChI is InChI=1S/C16H23N5O5/c1-9-10(12(22)19-14(24)18-9)8-17-20-13(23)11-6-5-7-21(11)15(25)26-16(2,3)4/h8,11H,5-7H2,1-4H3,(H,20,23)(H2,18,19,22,24)/b17-8-/t11-/m0/s1. The molecule has 1 saturated heterocycles. The molecule has 3 N–H and O–H groups in total. The molecular weight excluding hydrogens is 342 g/mol. The summed E-state index contributed by atoms with van der Waals surface area (Å²) in [7, 11) is 0. The third-order valence-electron chi connectivity index (χ3n) is 3.73. The summed E-state index contributed by atoms with van der Waals surface area (Å²) in [6, 6.07) is -0.683. The minimum absolute atomic E-state index is 0.125. The van der Waals surface area contributed by atoms with Gasteiger partial charge in [-0.2, -0.15) is 5.10 Å². The van der Waals surface area contributed by atoms with Gasteiger partial charge < -0.3 is 9.72 Å². The summed E-state index contributed by atoms with van der Waals surface area (Å²) in [4.78, 5) is 53.3. The normalized spacial score (nSPS) is 17.5. The predicted molar refractivity (Wildman–Crippen MR) is 94.1 cm³/mol. The van der Waals surface area contributed by atoms with Crippen molar-refractivity contribution in [2.75, 3.05) is 6.54 Å². The summed E-state index contributed by atoms with van der Waals surface area (Å²) in [5.74, 6) is -0.469. The number of H-pyrrole nitrogens is 2. The highest BCUT2D eigenvalue weighted by Crippen LogP contribution is 2.20. The molecule has 2 amide bonds. The number of aryl methyl sites for hydroxylation is 1. The third kappa shape index (κ3) is 4.80. The Morgan fingerprint density at radius 3 is 2.62 bits per heavy atom. The largest absolute Gasteiger partial charge is 0.444 e. The van der Waals surface area contributed by atoms with Gasteiger partial charge in [-0.15, -0.1) is 0 Å². The van der Waals surface area contributed by atoms with E-state index in [9.17, 15) is 19.2 Å². The van der Waals surface area contributed by atoms with Crippen molar-refractivity contribution < 1.29 is 14.3 Å². The average Bonchev–Trinajstić information content (AvgIpc) is 2.97. The molecule has 0 unspecified atom stereocenters. The van der Waals surface area contributed by atoms with Crippen LogP contribution in [-0.4, -0.2) is 51.3 Å². The predicted octanol–water partition coefficient (Wildman–Crippen LogP) is 0.221. The molecule has 1 aromatic rings. The molecule has 2 heterocycles. The molecule has 0 radical (unpaired) electrons. The summed E-state index contributed by atoms with van der Waals surface area (Å²) in [5, 5.41) is 3.76. The molecule has 142 valence electrons. The smallest absolute Gasteiger partial charge is 0.410 e. The number of aromatic nitrogens is 2. The molecule has 0 spiro atoms. The van der Waals surface area contributed by atoms with Gasteiger partial charge in [0, 0.05) is 12.2 Å². The van der Waals surface area contributed by atoms with E-state index < -0.39 is 34.9 Å². The zero-order chi connectivity index (χ0) is 19.5. The lowest BCUT2D eigenvalue weighted by atomic mass is 10.2. The molecule has 0 aromatic carbocycles. The molecule has 1 aromatic heterocycles. The lowest BCUT2D eigenvalue weighted by molar-refractivity contribution is -0.125. The number of nitrogens with zero attached hydrogens (tertiary/aromatic N) is 2. The fourth-order valence-corrected chi connectivity index (χ4v) is 2.58. The first-order chi connectivity index (χ1) is 12.1. The van der Waals surface area contributed by atoms with Crippen LogP contribution in [0.25, 0.3) is 0 Å². The zero-order valence-corrected chi connectivity index (χ0v) is 15.2. The Bertz CT molecular complexity index is 833. The van der Waals surface area contributed by atoms with E-state index in [1.54, 1.807) is 27.7 Å². The number of nitrogens with one attached hydrogen (secondary N) is 3. The maximum absolute atomic E-state index is 12.3. The Kier molecular flexibility index (Phi) is 5.63. The minimum Gasteiger partial charge on any atom is -0.444 e. The molecule has 0 bridgehead atoms. The molecule has 1 aliphatic rings. The topological polar surface area (TPSA) is 137 Å². The van der Waals surface area contributed by atoms with Gasteiger partial charge >= 0.3 is 11.8 Å². The lowest BCUT2D eigenvalue weighted by Gasteiger charge is -2.27. The Morgan fingerprint density at radius 1 is 1.31 bits per heavy atom. The SMILES string of the molecule is Cc1[nH]c(=O)[nH]c(=O)c1/C=N\NC(=O)[C@@H]1CCCN1C(=O)OC(C)(C)C. The van der Waals surface area contributed by atoms with Crippen molar-refractivity contribution in [3.63, 3.8) is 0 Å². The van der Waals surface area contributed by atoms with Crippen molar-refractivity contribution in [3.05, 3.63) is 32.1 Å². The summed E-state index contributed by atoms with van der Waals surface area (Å²) in [5.41, 5.74) is 0.899. The maximum atomic E-state index is 12.3. The second-order valence-corrected chi connectivity index (χ2v) is 7.01. The average molecular weight is 365 g/mol. The van der Waals surface area contributed by atoms with Crippen molar-refractivity contribution in [3.8, 4) is 0 Å². The van der Waals surface area contributed by atoms with Crippen molar-refractivity contribution >= 4 is 18.2 Å². The molecule has 1 fully saturated rings. The number of aromatic amines is 2. The van der Waals surface area contributed by atoms with E-state index in [-0.39, 0.29) is 5.56 Å². The third-order valence-corrected chi connectivity index (χ3v) is 3.73. The highest BCUT2D eigenvalue weighted by Gasteiger charge is 2.36. The highest BCUT2D eigenvalue weighted by atomic mass is 16.6. The van der Waals surface area contributed by atoms with E-state index in [4.69, 9.17) is 4.74 Å². The van der Waals surface area contributed by atoms with Gasteiger partial charge in [-0.05, 0) is 40.5 Å². The monoisotopic (exact) mass is 365 g/mol. The van der Waals surface area contributed by atoms with Gasteiger partial charge in [0.25, 0.3) is 11.5 Å². The number of rotatable bonds is 3. The summed E-state index contributed by atoms with van der Waals surface area (Å²) >= 11 is 0. The fraction of sp³-hybridized carbons (Fsp3) is 0.562. The van der Waals surface area contributed by atoms with Crippen LogP contribution in [0.2, 0.25) is 0 Å². The highest BCUT2D eigenvalue weighted by molar-refractivity contribution is 5.88. The number of amides is 2. The molecule has 10 nitrogen and oxygen atoms in total. The van der Waals surface area contributed by atoms with Gasteiger partial charge in [-0.3, -0.25) is 19.5 Å². The number of carbonyl (C=O) groups is 2. The summed E-state index contributed by atoms with van der Waals surface area (Å²) in [6.45, 7) is 7.23. The van der Waals surface area contributed by atoms with Crippen molar-refractivity contribution in [1.82, 2.24) is 20.3 Å². The molecule has 1 aliphatic heterocycles. The fourth-order valence-electron chi connectivity index (χ4n) is 2.58. The van der Waals surface area contributed by atoms with Crippen LogP contribution in [0, 0.1) is 6.92 Å². The Hall–Kier alpha value is -2.91. The minimum atomic E-state index is -0.683. The first kappa shape index (κ1) is 19.4. The van der Waals surface area contributed by atoms with E-state index >= 15 is 0 Å². The number of hydrazone groups is 1. The Labute approximate surface area is 149 Å². The number of likely N-dealkylation sites (tertiary alicyclic amines) is 1. The number of carbonyl (C=O) groups excluding carboxylic acids is 2. The van der Waals surface area contributed by atoms with Gasteiger partial charge in [0.15, 0.2) is 0 Å². The quantitative estimate of drug-likeness (QED) is 0.520. The molecule has 1 atom stereocenters. The van der Waals surface area contributed by atoms with Crippen LogP contribution in [0.1, 0.15) is 44.9 Å². The van der Waals surface area contributed by atoms with Crippen LogP contribution < -0.4 is 16.7 Å². The van der Waals surface area contributed by atoms with E-state index in [0.29, 0.717) is 25.1 Å². The van der Waals surface area contributed by atoms with E-state index in [0.717, 1.165) is 6.21 Å². The van der Waals surface area contributed by atoms with Crippen LogP contribution in [0.4, 0.5) is 4.79 Å². The van der Waals surface area contributed by atoms with Gasteiger partial charge in [0.05, 0.1) is 11.8 Å². The van der Waals surface area contributed by atoms with E-state index in [2.05, 4.69) is 20.5 Å². The van der Waals surface area contributed by atoms with Crippen LogP contribution >= 0.6 is 0 Å². The maximum Gasteiger partial charge on any atom is 0.410 e. The van der Waals surface area contributed by atoms with Crippen LogP contribution in [-0.2, 0) is 9.53 Å². The first-order valence-electron chi connectivity index (χ1n) is 8.24. The molecule has 0 aliphatic carbocycles. The zero-order valence-electron chi connectivity index (χ0n) is 15.2. The second kappa shape index (κ2) is 7.54. The first-order valence-corrected chi connectivity index (χ1v) is 8.24. The van der Waals surface area contributed by atoms with Crippen LogP contribution in [0.3, 0.4) is 0 Å².